The van der Waals surface area contributed by atoms with Crippen LogP contribution >= 0.6 is 0 Å². The topological polar surface area (TPSA) is 38.1 Å². The van der Waals surface area contributed by atoms with Gasteiger partial charge in [0, 0.05) is 13.1 Å². The summed E-state index contributed by atoms with van der Waals surface area (Å²) in [7, 11) is 1.16. The number of amides is 1. The summed E-state index contributed by atoms with van der Waals surface area (Å²) in [4.78, 5) is 11.6. The molecule has 4 nitrogen and oxygen atoms in total. The zero-order chi connectivity index (χ0) is 16.7. The Hall–Kier alpha value is -1.23. The minimum atomic E-state index is -4.90. The fraction of sp³-hybridized carbons (Fsp3) is 0.167. The number of aromatic nitrogens is 2. The third kappa shape index (κ3) is 3.82. The Morgan fingerprint density at radius 3 is 2.39 bits per heavy atom. The van der Waals surface area contributed by atoms with Crippen LogP contribution in [0.1, 0.15) is 5.69 Å². The van der Waals surface area contributed by atoms with Gasteiger partial charge >= 0.3 is 35.7 Å². The van der Waals surface area contributed by atoms with E-state index in [4.69, 9.17) is 12.6 Å². The number of halogens is 5. The summed E-state index contributed by atoms with van der Waals surface area (Å²) < 4.78 is 66.4. The average Bonchev–Trinajstić information content (AvgIpc) is 2.70. The first-order chi connectivity index (χ1) is 10.2. The normalized spacial score (nSPS) is 11.0. The van der Waals surface area contributed by atoms with Gasteiger partial charge in [0.2, 0.25) is 6.41 Å². The number of rotatable bonds is 3. The smallest absolute Gasteiger partial charge is 0.758 e. The molecule has 1 aromatic carbocycles. The molecule has 0 bridgehead atoms. The monoisotopic (exact) mass is 359 g/mol. The Labute approximate surface area is 155 Å². The fourth-order valence-electron chi connectivity index (χ4n) is 1.81. The predicted molar refractivity (Wildman–Crippen MR) is 68.4 cm³/mol. The average molecular weight is 359 g/mol. The van der Waals surface area contributed by atoms with Gasteiger partial charge in [0.05, 0.1) is 11.4 Å². The van der Waals surface area contributed by atoms with Crippen LogP contribution in [0.25, 0.3) is 0 Å². The molecule has 23 heavy (non-hydrogen) atoms. The second-order valence-electron chi connectivity index (χ2n) is 4.19. The molecular weight excluding hydrogens is 352 g/mol. The maximum Gasteiger partial charge on any atom is 1.00 e. The summed E-state index contributed by atoms with van der Waals surface area (Å²) in [5.41, 5.74) is -2.79. The van der Waals surface area contributed by atoms with Crippen molar-refractivity contribution >= 4 is 30.4 Å². The van der Waals surface area contributed by atoms with Crippen molar-refractivity contribution < 1.29 is 56.3 Å². The summed E-state index contributed by atoms with van der Waals surface area (Å²) in [6, 6.07) is 2.08. The molecule has 1 amide bonds. The number of hydrogen-bond acceptors (Lipinski definition) is 3. The Balaban J connectivity index is 0.00000264. The van der Waals surface area contributed by atoms with Crippen LogP contribution in [0.4, 0.5) is 33.3 Å². The number of benzene rings is 1. The molecule has 1 aromatic heterocycles. The molecular formula is C12H7F5N3NaOS. The van der Waals surface area contributed by atoms with E-state index >= 15 is 0 Å². The molecule has 0 saturated carbocycles. The largest absolute Gasteiger partial charge is 1.00 e. The van der Waals surface area contributed by atoms with Gasteiger partial charge in [0.15, 0.2) is 5.69 Å². The van der Waals surface area contributed by atoms with Gasteiger partial charge in [-0.25, -0.2) is 8.78 Å². The van der Waals surface area contributed by atoms with E-state index in [1.54, 1.807) is 0 Å². The molecule has 0 aliphatic carbocycles. The maximum atomic E-state index is 13.8. The van der Waals surface area contributed by atoms with Gasteiger partial charge in [-0.05, 0) is 12.1 Å². The number of carbonyl (C=O) groups is 1. The molecule has 0 spiro atoms. The Morgan fingerprint density at radius 1 is 1.30 bits per heavy atom. The summed E-state index contributed by atoms with van der Waals surface area (Å²) >= 11 is 4.80. The van der Waals surface area contributed by atoms with Crippen molar-refractivity contribution in [3.05, 3.63) is 35.5 Å². The van der Waals surface area contributed by atoms with Crippen LogP contribution in [0.5, 0.6) is 0 Å². The summed E-state index contributed by atoms with van der Waals surface area (Å²) in [5.74, 6) is -2.15. The number of carbonyl (C=O) groups excluding carboxylic acids is 1. The first kappa shape index (κ1) is 19.8. The molecule has 2 aromatic rings. The van der Waals surface area contributed by atoms with Crippen LogP contribution in [0, 0.1) is 11.6 Å². The molecule has 1 heterocycles. The first-order valence-corrected chi connectivity index (χ1v) is 6.08. The van der Waals surface area contributed by atoms with Gasteiger partial charge in [-0.2, -0.15) is 18.3 Å². The minimum Gasteiger partial charge on any atom is -0.758 e. The molecule has 0 N–H and O–H groups in total. The number of aryl methyl sites for hydroxylation is 1. The van der Waals surface area contributed by atoms with E-state index in [2.05, 4.69) is 5.10 Å². The Bertz CT molecular complexity index is 734. The zero-order valence-electron chi connectivity index (χ0n) is 11.9. The van der Waals surface area contributed by atoms with Gasteiger partial charge in [0.1, 0.15) is 11.6 Å². The van der Waals surface area contributed by atoms with Crippen molar-refractivity contribution in [2.24, 2.45) is 7.05 Å². The molecule has 11 heteroatoms. The molecule has 2 rings (SSSR count). The molecule has 118 valence electrons. The minimum absolute atomic E-state index is 0. The second-order valence-corrected chi connectivity index (χ2v) is 4.58. The van der Waals surface area contributed by atoms with Crippen LogP contribution in [-0.4, -0.2) is 16.2 Å². The SMILES string of the molecule is Cn1nc(C(F)(F)F)c(N(C=O)c2ccc(F)cc2F)c1[S-].[Na+]. The number of anilines is 2. The molecule has 0 fully saturated rings. The van der Waals surface area contributed by atoms with Gasteiger partial charge in [-0.15, -0.1) is 0 Å². The van der Waals surface area contributed by atoms with E-state index in [1.165, 1.54) is 0 Å². The zero-order valence-corrected chi connectivity index (χ0v) is 14.7. The van der Waals surface area contributed by atoms with Crippen molar-refractivity contribution in [2.45, 2.75) is 11.2 Å². The van der Waals surface area contributed by atoms with Crippen LogP contribution in [0.15, 0.2) is 23.2 Å². The molecule has 0 aliphatic heterocycles. The van der Waals surface area contributed by atoms with Crippen LogP contribution < -0.4 is 34.5 Å². The molecule has 0 radical (unpaired) electrons. The number of hydrogen-bond donors (Lipinski definition) is 0. The molecule has 0 aliphatic rings. The van der Waals surface area contributed by atoms with Crippen molar-refractivity contribution in [2.75, 3.05) is 4.90 Å². The Morgan fingerprint density at radius 2 is 1.91 bits per heavy atom. The molecule has 0 unspecified atom stereocenters. The van der Waals surface area contributed by atoms with Crippen LogP contribution in [0.2, 0.25) is 0 Å². The van der Waals surface area contributed by atoms with Crippen LogP contribution in [-0.2, 0) is 30.6 Å². The maximum absolute atomic E-state index is 13.8. The first-order valence-electron chi connectivity index (χ1n) is 5.67. The van der Waals surface area contributed by atoms with Crippen LogP contribution in [0.3, 0.4) is 0 Å². The van der Waals surface area contributed by atoms with Gasteiger partial charge in [-0.3, -0.25) is 14.4 Å². The summed E-state index contributed by atoms with van der Waals surface area (Å²) in [5, 5.41) is 2.80. The van der Waals surface area contributed by atoms with Crippen molar-refractivity contribution in [1.29, 1.82) is 0 Å². The Kier molecular flexibility index (Phi) is 6.13. The number of alkyl halides is 3. The van der Waals surface area contributed by atoms with Gasteiger partial charge in [0.25, 0.3) is 0 Å². The van der Waals surface area contributed by atoms with E-state index in [-0.39, 0.29) is 36.0 Å². The second kappa shape index (κ2) is 7.12. The van der Waals surface area contributed by atoms with Crippen molar-refractivity contribution in [1.82, 2.24) is 9.78 Å². The van der Waals surface area contributed by atoms with E-state index in [1.807, 2.05) is 0 Å². The van der Waals surface area contributed by atoms with E-state index in [0.29, 0.717) is 11.0 Å². The molecule has 0 atom stereocenters. The van der Waals surface area contributed by atoms with Gasteiger partial charge < -0.3 is 12.6 Å². The molecule has 0 saturated heterocycles. The van der Waals surface area contributed by atoms with E-state index in [0.717, 1.165) is 23.9 Å². The standard InChI is InChI=1S/C12H8F5N3OS.Na/c1-19-11(22)9(10(18-19)12(15,16)17)20(5-21)8-3-2-6(13)4-7(8)14;/h2-5,22H,1H3;/q;+1/p-1. The predicted octanol–water partition coefficient (Wildman–Crippen LogP) is -0.0786. The van der Waals surface area contributed by atoms with Gasteiger partial charge in [-0.1, -0.05) is 5.03 Å². The number of nitrogens with zero attached hydrogens (tertiary/aromatic N) is 3. The van der Waals surface area contributed by atoms with Crippen molar-refractivity contribution in [3.63, 3.8) is 0 Å². The third-order valence-corrected chi connectivity index (χ3v) is 3.21. The summed E-state index contributed by atoms with van der Waals surface area (Å²) in [6.45, 7) is 0. The van der Waals surface area contributed by atoms with E-state index in [9.17, 15) is 26.7 Å². The van der Waals surface area contributed by atoms with E-state index < -0.39 is 39.9 Å². The quantitative estimate of drug-likeness (QED) is 0.333. The van der Waals surface area contributed by atoms with Crippen molar-refractivity contribution in [3.8, 4) is 0 Å². The summed E-state index contributed by atoms with van der Waals surface area (Å²) in [6.07, 6.45) is -4.94. The fourth-order valence-corrected chi connectivity index (χ4v) is 2.05. The third-order valence-electron chi connectivity index (χ3n) is 2.75.